The average Bonchev–Trinajstić information content (AvgIpc) is 2.79. The molecule has 180 valence electrons. The van der Waals surface area contributed by atoms with Crippen molar-refractivity contribution in [3.63, 3.8) is 0 Å². The Morgan fingerprint density at radius 1 is 0.771 bits per heavy atom. The van der Waals surface area contributed by atoms with E-state index >= 15 is 0 Å². The highest BCUT2D eigenvalue weighted by molar-refractivity contribution is 5.57. The zero-order valence-electron chi connectivity index (χ0n) is 17.4. The molecule has 15 nitrogen and oxygen atoms in total. The van der Waals surface area contributed by atoms with Crippen LogP contribution < -0.4 is 11.1 Å². The summed E-state index contributed by atoms with van der Waals surface area (Å²) in [5, 5.41) is 42.6. The molecule has 0 spiro atoms. The summed E-state index contributed by atoms with van der Waals surface area (Å²) < 4.78 is 0. The number of hydrogen-bond acceptors (Lipinski definition) is 10. The summed E-state index contributed by atoms with van der Waals surface area (Å²) in [6, 6.07) is 18.7. The summed E-state index contributed by atoms with van der Waals surface area (Å²) in [6.45, 7) is 0. The van der Waals surface area contributed by atoms with Crippen molar-refractivity contribution in [2.45, 2.75) is 0 Å². The summed E-state index contributed by atoms with van der Waals surface area (Å²) in [5.41, 5.74) is -0.988. The largest absolute Gasteiger partial charge is 0.493 e. The molecule has 4 rings (SSSR count). The fourth-order valence-electron chi connectivity index (χ4n) is 2.53. The molecule has 0 aliphatic rings. The first-order valence-electron chi connectivity index (χ1n) is 9.30. The molecule has 0 saturated heterocycles. The lowest BCUT2D eigenvalue weighted by molar-refractivity contribution is -0.742. The van der Waals surface area contributed by atoms with Gasteiger partial charge in [0.1, 0.15) is 11.6 Å². The Hall–Kier alpha value is -5.60. The van der Waals surface area contributed by atoms with Crippen LogP contribution in [0.2, 0.25) is 0 Å². The van der Waals surface area contributed by atoms with Crippen LogP contribution in [0.1, 0.15) is 0 Å². The first kappa shape index (κ1) is 25.7. The smallest absolute Gasteiger partial charge is 0.395 e. The van der Waals surface area contributed by atoms with Gasteiger partial charge in [0.2, 0.25) is 5.88 Å². The molecule has 0 aliphatic carbocycles. The van der Waals surface area contributed by atoms with Crippen LogP contribution in [-0.2, 0) is 0 Å². The number of nitro groups is 1. The fourth-order valence-corrected chi connectivity index (χ4v) is 2.53. The first-order chi connectivity index (χ1) is 16.6. The van der Waals surface area contributed by atoms with Gasteiger partial charge < -0.3 is 25.4 Å². The van der Waals surface area contributed by atoms with Crippen molar-refractivity contribution in [1.82, 2.24) is 19.9 Å². The number of nitrogens with zero attached hydrogens (tertiary/aromatic N) is 4. The van der Waals surface area contributed by atoms with E-state index in [2.05, 4.69) is 19.9 Å². The lowest BCUT2D eigenvalue weighted by atomic mass is 10.2. The minimum Gasteiger partial charge on any atom is -0.493 e. The van der Waals surface area contributed by atoms with E-state index in [1.165, 1.54) is 0 Å². The molecule has 4 aromatic rings. The average molecular weight is 484 g/mol. The predicted molar refractivity (Wildman–Crippen MR) is 119 cm³/mol. The quantitative estimate of drug-likeness (QED) is 0.207. The normalized spacial score (nSPS) is 9.60. The van der Waals surface area contributed by atoms with Crippen LogP contribution in [-0.4, -0.2) is 45.4 Å². The summed E-state index contributed by atoms with van der Waals surface area (Å²) in [7, 11) is 0. The van der Waals surface area contributed by atoms with Gasteiger partial charge in [-0.05, 0) is 0 Å². The Kier molecular flexibility index (Phi) is 8.69. The Morgan fingerprint density at radius 2 is 1.23 bits per heavy atom. The molecule has 5 N–H and O–H groups in total. The van der Waals surface area contributed by atoms with Crippen molar-refractivity contribution in [2.24, 2.45) is 0 Å². The standard InChI is InChI=1S/C10H7N3O4.C10H8N2O2.HNO3/c14-9-7(13(16)17)10(15)12-8(11-9)6-4-2-1-3-5-6;13-8-6-9(14)12-10(11-8)7-4-2-1-3-5-7;2-1(3)4/h1-5H,(H2,11,12,14,15);1-6H,(H2,11,12,13,14);(H,2,3,4). The van der Waals surface area contributed by atoms with Crippen molar-refractivity contribution in [3.8, 4) is 34.5 Å². The molecule has 2 heterocycles. The second-order valence-electron chi connectivity index (χ2n) is 6.27. The van der Waals surface area contributed by atoms with Gasteiger partial charge in [-0.15, -0.1) is 10.1 Å². The highest BCUT2D eigenvalue weighted by Crippen LogP contribution is 2.21. The maximum Gasteiger partial charge on any atom is 0.395 e. The van der Waals surface area contributed by atoms with E-state index in [0.29, 0.717) is 11.4 Å². The number of H-pyrrole nitrogens is 2. The van der Waals surface area contributed by atoms with E-state index in [4.69, 9.17) is 20.4 Å². The Bertz CT molecular complexity index is 1420. The number of aromatic nitrogens is 4. The van der Waals surface area contributed by atoms with Crippen LogP contribution in [0.3, 0.4) is 0 Å². The molecule has 2 aromatic heterocycles. The van der Waals surface area contributed by atoms with Crippen LogP contribution in [0.25, 0.3) is 22.8 Å². The van der Waals surface area contributed by atoms with Gasteiger partial charge in [0.05, 0.1) is 11.0 Å². The summed E-state index contributed by atoms with van der Waals surface area (Å²) in [5.74, 6) is -0.709. The highest BCUT2D eigenvalue weighted by Gasteiger charge is 2.22. The van der Waals surface area contributed by atoms with E-state index < -0.39 is 27.1 Å². The van der Waals surface area contributed by atoms with Crippen LogP contribution >= 0.6 is 0 Å². The second-order valence-corrected chi connectivity index (χ2v) is 6.27. The van der Waals surface area contributed by atoms with Crippen molar-refractivity contribution in [3.05, 3.63) is 108 Å². The Balaban J connectivity index is 0.000000217. The van der Waals surface area contributed by atoms with Gasteiger partial charge >= 0.3 is 11.2 Å². The van der Waals surface area contributed by atoms with Crippen molar-refractivity contribution in [2.75, 3.05) is 0 Å². The van der Waals surface area contributed by atoms with Crippen LogP contribution in [0.5, 0.6) is 11.8 Å². The number of benzene rings is 2. The molecule has 0 unspecified atom stereocenters. The molecule has 0 fully saturated rings. The van der Waals surface area contributed by atoms with Gasteiger partial charge in [-0.1, -0.05) is 60.7 Å². The molecule has 2 aromatic carbocycles. The van der Waals surface area contributed by atoms with Gasteiger partial charge in [-0.2, -0.15) is 9.97 Å². The van der Waals surface area contributed by atoms with Crippen molar-refractivity contribution in [1.29, 1.82) is 0 Å². The van der Waals surface area contributed by atoms with Gasteiger partial charge in [0.25, 0.3) is 16.5 Å². The van der Waals surface area contributed by atoms with E-state index in [1.54, 1.807) is 42.5 Å². The van der Waals surface area contributed by atoms with Gasteiger partial charge in [-0.25, -0.2) is 0 Å². The monoisotopic (exact) mass is 484 g/mol. The number of nitrogens with one attached hydrogen (secondary N) is 2. The minimum atomic E-state index is -1.50. The summed E-state index contributed by atoms with van der Waals surface area (Å²) in [4.78, 5) is 52.4. The molecule has 35 heavy (non-hydrogen) atoms. The predicted octanol–water partition coefficient (Wildman–Crippen LogP) is 1.85. The SMILES string of the molecule is O=[N+]([O-])O.O=c1[nH]c(-c2ccccc2)nc(O)c1[N+](=O)[O-].O=c1cc(O)nc(-c2ccccc2)[nH]1. The first-order valence-corrected chi connectivity index (χ1v) is 9.30. The third-order valence-electron chi connectivity index (χ3n) is 3.88. The molecular formula is C20H16N6O9. The number of rotatable bonds is 3. The molecular weight excluding hydrogens is 468 g/mol. The third kappa shape index (κ3) is 7.79. The molecule has 15 heteroatoms. The number of hydrogen-bond donors (Lipinski definition) is 5. The van der Waals surface area contributed by atoms with Crippen LogP contribution in [0.4, 0.5) is 5.69 Å². The molecule has 0 aliphatic heterocycles. The summed E-state index contributed by atoms with van der Waals surface area (Å²) in [6.07, 6.45) is 0. The maximum atomic E-state index is 11.4. The maximum absolute atomic E-state index is 11.4. The Labute approximate surface area is 193 Å². The molecule has 0 radical (unpaired) electrons. The number of aromatic amines is 2. The highest BCUT2D eigenvalue weighted by atomic mass is 16.9. The van der Waals surface area contributed by atoms with E-state index in [0.717, 1.165) is 11.6 Å². The number of aromatic hydroxyl groups is 2. The van der Waals surface area contributed by atoms with Crippen LogP contribution in [0.15, 0.2) is 76.3 Å². The van der Waals surface area contributed by atoms with E-state index in [1.807, 2.05) is 18.2 Å². The fraction of sp³-hybridized carbons (Fsp3) is 0. The zero-order valence-corrected chi connectivity index (χ0v) is 17.4. The van der Waals surface area contributed by atoms with E-state index in [-0.39, 0.29) is 17.3 Å². The summed E-state index contributed by atoms with van der Waals surface area (Å²) >= 11 is 0. The lowest BCUT2D eigenvalue weighted by Crippen LogP contribution is -2.13. The lowest BCUT2D eigenvalue weighted by Gasteiger charge is -2.00. The van der Waals surface area contributed by atoms with Gasteiger partial charge in [0.15, 0.2) is 0 Å². The minimum absolute atomic E-state index is 0.0821. The van der Waals surface area contributed by atoms with Gasteiger partial charge in [0, 0.05) is 11.1 Å². The van der Waals surface area contributed by atoms with Crippen LogP contribution in [0, 0.1) is 20.2 Å². The second kappa shape index (κ2) is 11.9. The molecule has 0 amide bonds. The van der Waals surface area contributed by atoms with E-state index in [9.17, 15) is 24.8 Å². The topological polar surface area (TPSA) is 238 Å². The van der Waals surface area contributed by atoms with Gasteiger partial charge in [-0.3, -0.25) is 19.7 Å². The van der Waals surface area contributed by atoms with Crippen molar-refractivity contribution < 1.29 is 25.4 Å². The molecule has 0 bridgehead atoms. The third-order valence-corrected chi connectivity index (χ3v) is 3.88. The zero-order chi connectivity index (χ0) is 26.0. The molecule has 0 saturated carbocycles. The Morgan fingerprint density at radius 3 is 1.63 bits per heavy atom. The van der Waals surface area contributed by atoms with Crippen molar-refractivity contribution >= 4 is 5.69 Å². The molecule has 0 atom stereocenters.